The van der Waals surface area contributed by atoms with E-state index in [1.54, 1.807) is 42.5 Å². The van der Waals surface area contributed by atoms with E-state index in [2.05, 4.69) is 30.3 Å². The molecule has 0 bridgehead atoms. The van der Waals surface area contributed by atoms with Crippen molar-refractivity contribution < 1.29 is 14.3 Å². The number of aryl methyl sites for hydroxylation is 1. The predicted molar refractivity (Wildman–Crippen MR) is 150 cm³/mol. The van der Waals surface area contributed by atoms with E-state index in [1.807, 2.05) is 28.8 Å². The minimum absolute atomic E-state index is 0.123. The number of hydrogen-bond acceptors (Lipinski definition) is 5. The zero-order valence-electron chi connectivity index (χ0n) is 20.7. The summed E-state index contributed by atoms with van der Waals surface area (Å²) in [7, 11) is 0. The van der Waals surface area contributed by atoms with Crippen molar-refractivity contribution in [1.29, 1.82) is 0 Å². The maximum absolute atomic E-state index is 13.9. The molecule has 5 aromatic rings. The van der Waals surface area contributed by atoms with Gasteiger partial charge in [0.25, 0.3) is 5.56 Å². The molecule has 7 rings (SSSR count). The summed E-state index contributed by atoms with van der Waals surface area (Å²) < 4.78 is 8.32. The van der Waals surface area contributed by atoms with Crippen LogP contribution in [0.25, 0.3) is 23.1 Å². The highest BCUT2D eigenvalue weighted by molar-refractivity contribution is 7.07. The molecule has 1 aliphatic carbocycles. The number of aromatic nitrogens is 1. The average Bonchev–Trinajstić information content (AvgIpc) is 3.56. The Balaban J connectivity index is 1.39. The largest absolute Gasteiger partial charge is 0.478 e. The van der Waals surface area contributed by atoms with Crippen molar-refractivity contribution in [3.8, 4) is 11.3 Å². The van der Waals surface area contributed by atoms with Crippen LogP contribution in [0.15, 0.2) is 111 Å². The van der Waals surface area contributed by atoms with Gasteiger partial charge in [0.15, 0.2) is 4.80 Å². The molecule has 7 heteroatoms. The number of aromatic carboxylic acids is 1. The molecular formula is C32H22N2O4S. The van der Waals surface area contributed by atoms with Crippen LogP contribution in [0.3, 0.4) is 0 Å². The molecule has 6 nitrogen and oxygen atoms in total. The Morgan fingerprint density at radius 3 is 2.49 bits per heavy atom. The maximum Gasteiger partial charge on any atom is 0.336 e. The number of thiazole rings is 1. The number of nitrogens with zero attached hydrogens (tertiary/aromatic N) is 2. The van der Waals surface area contributed by atoms with Gasteiger partial charge >= 0.3 is 5.97 Å². The lowest BCUT2D eigenvalue weighted by Crippen LogP contribution is -2.38. The zero-order chi connectivity index (χ0) is 26.5. The fourth-order valence-corrected chi connectivity index (χ4v) is 6.53. The number of fused-ring (bicyclic) bond motifs is 3. The molecule has 0 saturated carbocycles. The van der Waals surface area contributed by atoms with Gasteiger partial charge in [-0.05, 0) is 47.7 Å². The van der Waals surface area contributed by atoms with Gasteiger partial charge in [-0.1, -0.05) is 84.1 Å². The molecule has 0 spiro atoms. The van der Waals surface area contributed by atoms with Gasteiger partial charge in [0.05, 0.1) is 21.8 Å². The molecule has 2 aliphatic rings. The molecule has 0 saturated heterocycles. The average molecular weight is 531 g/mol. The van der Waals surface area contributed by atoms with Crippen LogP contribution in [-0.4, -0.2) is 15.6 Å². The van der Waals surface area contributed by atoms with Crippen molar-refractivity contribution in [2.75, 3.05) is 0 Å². The second-order valence-electron chi connectivity index (χ2n) is 9.58. The van der Waals surface area contributed by atoms with Gasteiger partial charge in [-0.15, -0.1) is 0 Å². The summed E-state index contributed by atoms with van der Waals surface area (Å²) >= 11 is 1.34. The first-order chi connectivity index (χ1) is 19.1. The number of furan rings is 1. The van der Waals surface area contributed by atoms with Gasteiger partial charge in [-0.25, -0.2) is 9.79 Å². The number of carboxylic acids is 1. The number of carboxylic acid groups (broad SMARTS) is 1. The van der Waals surface area contributed by atoms with E-state index in [0.29, 0.717) is 26.4 Å². The Hall–Kier alpha value is -4.75. The SMILES string of the molecule is O=C(O)c1ccccc1-c1ccc(/C=c2\sc3n(c2=O)[C@@H](c2ccccc2)C2=C(N=3)c3ccccc3CC2)o1. The monoisotopic (exact) mass is 530 g/mol. The van der Waals surface area contributed by atoms with E-state index in [0.717, 1.165) is 35.2 Å². The standard InChI is InChI=1S/C32H22N2O4S/c35-30-27(18-21-15-17-26(38-21)23-12-6-7-13-24(23)31(36)37)39-32-33-28-22-11-5-4-8-19(22)14-16-25(28)29(34(30)32)20-9-2-1-3-10-20/h1-13,15,17-18,29H,14,16H2,(H,36,37)/b27-18-/t29-/m0/s1. The van der Waals surface area contributed by atoms with Crippen LogP contribution in [0, 0.1) is 0 Å². The van der Waals surface area contributed by atoms with Gasteiger partial charge < -0.3 is 9.52 Å². The van der Waals surface area contributed by atoms with E-state index in [-0.39, 0.29) is 17.2 Å². The van der Waals surface area contributed by atoms with E-state index >= 15 is 0 Å². The first-order valence-corrected chi connectivity index (χ1v) is 13.5. The molecule has 1 atom stereocenters. The van der Waals surface area contributed by atoms with Gasteiger partial charge in [0.2, 0.25) is 0 Å². The fraction of sp³-hybridized carbons (Fsp3) is 0.0938. The molecule has 1 N–H and O–H groups in total. The van der Waals surface area contributed by atoms with Crippen molar-refractivity contribution in [1.82, 2.24) is 4.57 Å². The summed E-state index contributed by atoms with van der Waals surface area (Å²) in [5.41, 5.74) is 6.10. The quantitative estimate of drug-likeness (QED) is 0.343. The Kier molecular flexibility index (Phi) is 5.52. The molecule has 0 unspecified atom stereocenters. The molecular weight excluding hydrogens is 508 g/mol. The predicted octanol–water partition coefficient (Wildman–Crippen LogP) is 5.28. The third-order valence-corrected chi connectivity index (χ3v) is 8.29. The molecule has 2 aromatic heterocycles. The van der Waals surface area contributed by atoms with Crippen LogP contribution in [0.4, 0.5) is 0 Å². The molecule has 3 aromatic carbocycles. The van der Waals surface area contributed by atoms with Gasteiger partial charge in [-0.3, -0.25) is 9.36 Å². The number of benzene rings is 3. The lowest BCUT2D eigenvalue weighted by molar-refractivity contribution is 0.0697. The van der Waals surface area contributed by atoms with Crippen molar-refractivity contribution in [3.63, 3.8) is 0 Å². The summed E-state index contributed by atoms with van der Waals surface area (Å²) in [6, 6.07) is 28.4. The molecule has 0 fully saturated rings. The Morgan fingerprint density at radius 2 is 1.67 bits per heavy atom. The van der Waals surface area contributed by atoms with Crippen LogP contribution in [0.5, 0.6) is 0 Å². The fourth-order valence-electron chi connectivity index (χ4n) is 5.55. The van der Waals surface area contributed by atoms with Crippen LogP contribution < -0.4 is 14.9 Å². The topological polar surface area (TPSA) is 84.8 Å². The molecule has 0 amide bonds. The summed E-state index contributed by atoms with van der Waals surface area (Å²) in [6.07, 6.45) is 3.46. The number of allylic oxidation sites excluding steroid dienone is 1. The highest BCUT2D eigenvalue weighted by Gasteiger charge is 2.32. The third kappa shape index (κ3) is 3.90. The summed E-state index contributed by atoms with van der Waals surface area (Å²) in [6.45, 7) is 0. The van der Waals surface area contributed by atoms with Crippen molar-refractivity contribution in [3.05, 3.63) is 144 Å². The number of carbonyl (C=O) groups is 1. The van der Waals surface area contributed by atoms with Crippen LogP contribution >= 0.6 is 11.3 Å². The highest BCUT2D eigenvalue weighted by atomic mass is 32.1. The van der Waals surface area contributed by atoms with E-state index < -0.39 is 5.97 Å². The van der Waals surface area contributed by atoms with Crippen molar-refractivity contribution in [2.24, 2.45) is 4.99 Å². The molecule has 3 heterocycles. The van der Waals surface area contributed by atoms with Gasteiger partial charge in [-0.2, -0.15) is 0 Å². The first-order valence-electron chi connectivity index (χ1n) is 12.7. The minimum Gasteiger partial charge on any atom is -0.478 e. The second-order valence-corrected chi connectivity index (χ2v) is 10.6. The summed E-state index contributed by atoms with van der Waals surface area (Å²) in [5, 5.41) is 9.56. The lowest BCUT2D eigenvalue weighted by Gasteiger charge is -2.30. The van der Waals surface area contributed by atoms with E-state index in [1.165, 1.54) is 16.9 Å². The second kappa shape index (κ2) is 9.22. The lowest BCUT2D eigenvalue weighted by atomic mass is 9.83. The van der Waals surface area contributed by atoms with Crippen LogP contribution in [0.2, 0.25) is 0 Å². The minimum atomic E-state index is -1.02. The van der Waals surface area contributed by atoms with Crippen molar-refractivity contribution >= 4 is 29.1 Å². The van der Waals surface area contributed by atoms with Crippen molar-refractivity contribution in [2.45, 2.75) is 18.9 Å². The molecule has 190 valence electrons. The highest BCUT2D eigenvalue weighted by Crippen LogP contribution is 2.41. The molecule has 1 aliphatic heterocycles. The third-order valence-electron chi connectivity index (χ3n) is 7.31. The number of rotatable bonds is 4. The number of hydrogen-bond donors (Lipinski definition) is 1. The Labute approximate surface area is 227 Å². The first kappa shape index (κ1) is 23.4. The molecule has 0 radical (unpaired) electrons. The zero-order valence-corrected chi connectivity index (χ0v) is 21.5. The van der Waals surface area contributed by atoms with Crippen LogP contribution in [0.1, 0.15) is 45.3 Å². The molecule has 39 heavy (non-hydrogen) atoms. The van der Waals surface area contributed by atoms with E-state index in [9.17, 15) is 14.7 Å². The smallest absolute Gasteiger partial charge is 0.336 e. The summed E-state index contributed by atoms with van der Waals surface area (Å²) in [4.78, 5) is 31.2. The Morgan fingerprint density at radius 1 is 0.923 bits per heavy atom. The van der Waals surface area contributed by atoms with Crippen LogP contribution in [-0.2, 0) is 6.42 Å². The maximum atomic E-state index is 13.9. The van der Waals surface area contributed by atoms with E-state index in [4.69, 9.17) is 9.41 Å². The normalized spacial score (nSPS) is 16.3. The van der Waals surface area contributed by atoms with Gasteiger partial charge in [0, 0.05) is 17.2 Å². The van der Waals surface area contributed by atoms with Gasteiger partial charge in [0.1, 0.15) is 11.5 Å². The summed E-state index contributed by atoms with van der Waals surface area (Å²) in [5.74, 6) is -0.120. The Bertz CT molecular complexity index is 1980.